The lowest BCUT2D eigenvalue weighted by atomic mass is 10.2. The Morgan fingerprint density at radius 3 is 2.54 bits per heavy atom. The summed E-state index contributed by atoms with van der Waals surface area (Å²) in [7, 11) is -3.72. The number of aromatic nitrogens is 2. The van der Waals surface area contributed by atoms with Gasteiger partial charge in [-0.1, -0.05) is 50.1 Å². The molecule has 0 fully saturated rings. The zero-order valence-electron chi connectivity index (χ0n) is 16.0. The smallest absolute Gasteiger partial charge is 0.264 e. The lowest BCUT2D eigenvalue weighted by molar-refractivity contribution is 0.588. The molecule has 0 aliphatic carbocycles. The van der Waals surface area contributed by atoms with Crippen LogP contribution in [0.3, 0.4) is 0 Å². The number of imidazole rings is 1. The van der Waals surface area contributed by atoms with Crippen LogP contribution in [0.4, 0.5) is 5.69 Å². The molecular formula is C21H24ClN3O2S. The van der Waals surface area contributed by atoms with Crippen molar-refractivity contribution in [1.29, 1.82) is 0 Å². The van der Waals surface area contributed by atoms with Gasteiger partial charge in [-0.05, 0) is 36.8 Å². The molecule has 0 aliphatic heterocycles. The SMILES string of the molecule is CCCCN(c1ccc(Cl)cc1-n1ccnc1CC)S(=O)(=O)c1ccccc1. The number of hydrogen-bond acceptors (Lipinski definition) is 3. The predicted molar refractivity (Wildman–Crippen MR) is 114 cm³/mol. The third-order valence-electron chi connectivity index (χ3n) is 4.55. The molecular weight excluding hydrogens is 394 g/mol. The molecule has 0 bridgehead atoms. The van der Waals surface area contributed by atoms with Gasteiger partial charge < -0.3 is 4.57 Å². The van der Waals surface area contributed by atoms with E-state index in [4.69, 9.17) is 11.6 Å². The second-order valence-electron chi connectivity index (χ2n) is 6.44. The van der Waals surface area contributed by atoms with Crippen LogP contribution in [0.15, 0.2) is 65.8 Å². The van der Waals surface area contributed by atoms with E-state index in [1.54, 1.807) is 48.7 Å². The third-order valence-corrected chi connectivity index (χ3v) is 6.61. The fraction of sp³-hybridized carbons (Fsp3) is 0.286. The molecule has 3 rings (SSSR count). The highest BCUT2D eigenvalue weighted by molar-refractivity contribution is 7.92. The molecule has 0 amide bonds. The Labute approximate surface area is 171 Å². The van der Waals surface area contributed by atoms with Gasteiger partial charge in [-0.15, -0.1) is 0 Å². The maximum Gasteiger partial charge on any atom is 0.264 e. The van der Waals surface area contributed by atoms with E-state index in [1.165, 1.54) is 4.31 Å². The molecule has 0 saturated carbocycles. The minimum absolute atomic E-state index is 0.272. The first-order valence-electron chi connectivity index (χ1n) is 9.39. The fourth-order valence-corrected chi connectivity index (χ4v) is 4.81. The number of halogens is 1. The summed E-state index contributed by atoms with van der Waals surface area (Å²) < 4.78 is 30.3. The number of nitrogens with zero attached hydrogens (tertiary/aromatic N) is 3. The van der Waals surface area contributed by atoms with Crippen LogP contribution >= 0.6 is 11.6 Å². The van der Waals surface area contributed by atoms with Gasteiger partial charge in [-0.25, -0.2) is 13.4 Å². The van der Waals surface area contributed by atoms with Crippen LogP contribution < -0.4 is 4.31 Å². The van der Waals surface area contributed by atoms with E-state index in [0.29, 0.717) is 22.9 Å². The van der Waals surface area contributed by atoms with E-state index in [2.05, 4.69) is 4.98 Å². The molecule has 1 heterocycles. The topological polar surface area (TPSA) is 55.2 Å². The maximum atomic E-state index is 13.5. The van der Waals surface area contributed by atoms with Crippen molar-refractivity contribution in [2.24, 2.45) is 0 Å². The van der Waals surface area contributed by atoms with Gasteiger partial charge in [0.05, 0.1) is 16.3 Å². The van der Waals surface area contributed by atoms with E-state index in [9.17, 15) is 8.42 Å². The zero-order chi connectivity index (χ0) is 20.1. The van der Waals surface area contributed by atoms with Crippen molar-refractivity contribution in [3.05, 3.63) is 71.8 Å². The van der Waals surface area contributed by atoms with Crippen molar-refractivity contribution in [2.75, 3.05) is 10.8 Å². The quantitative estimate of drug-likeness (QED) is 0.513. The lowest BCUT2D eigenvalue weighted by Gasteiger charge is -2.27. The van der Waals surface area contributed by atoms with Gasteiger partial charge in [-0.3, -0.25) is 4.31 Å². The second kappa shape index (κ2) is 8.80. The number of aryl methyl sites for hydroxylation is 1. The van der Waals surface area contributed by atoms with Gasteiger partial charge in [0.2, 0.25) is 0 Å². The Hall–Kier alpha value is -2.31. The summed E-state index contributed by atoms with van der Waals surface area (Å²) in [6.07, 6.45) is 5.90. The first-order chi connectivity index (χ1) is 13.5. The predicted octanol–water partition coefficient (Wildman–Crippen LogP) is 5.08. The summed E-state index contributed by atoms with van der Waals surface area (Å²) in [5.41, 5.74) is 1.30. The minimum Gasteiger partial charge on any atom is -0.302 e. The number of hydrogen-bond donors (Lipinski definition) is 0. The van der Waals surface area contributed by atoms with Gasteiger partial charge in [0.25, 0.3) is 10.0 Å². The molecule has 0 radical (unpaired) electrons. The van der Waals surface area contributed by atoms with Crippen LogP contribution in [0, 0.1) is 0 Å². The summed E-state index contributed by atoms with van der Waals surface area (Å²) in [5, 5.41) is 0.544. The zero-order valence-corrected chi connectivity index (χ0v) is 17.6. The second-order valence-corrected chi connectivity index (χ2v) is 8.74. The number of unbranched alkanes of at least 4 members (excludes halogenated alkanes) is 1. The standard InChI is InChI=1S/C21H24ClN3O2S/c1-3-5-14-25(28(26,27)18-9-7-6-8-10-18)19-12-11-17(22)16-20(19)24-15-13-23-21(24)4-2/h6-13,15-16H,3-5,14H2,1-2H3. The van der Waals surface area contributed by atoms with Crippen molar-refractivity contribution in [3.8, 4) is 5.69 Å². The maximum absolute atomic E-state index is 13.5. The fourth-order valence-electron chi connectivity index (χ4n) is 3.11. The minimum atomic E-state index is -3.72. The molecule has 5 nitrogen and oxygen atoms in total. The van der Waals surface area contributed by atoms with Gasteiger partial charge >= 0.3 is 0 Å². The average Bonchev–Trinajstić information content (AvgIpc) is 3.18. The van der Waals surface area contributed by atoms with Crippen molar-refractivity contribution in [1.82, 2.24) is 9.55 Å². The highest BCUT2D eigenvalue weighted by Gasteiger charge is 2.27. The molecule has 2 aromatic carbocycles. The van der Waals surface area contributed by atoms with Crippen LogP contribution in [-0.2, 0) is 16.4 Å². The first kappa shape index (κ1) is 20.4. The van der Waals surface area contributed by atoms with Crippen molar-refractivity contribution in [3.63, 3.8) is 0 Å². The largest absolute Gasteiger partial charge is 0.302 e. The highest BCUT2D eigenvalue weighted by Crippen LogP contribution is 2.33. The van der Waals surface area contributed by atoms with Crippen molar-refractivity contribution >= 4 is 27.3 Å². The van der Waals surface area contributed by atoms with Crippen LogP contribution in [0.1, 0.15) is 32.5 Å². The molecule has 0 spiro atoms. The van der Waals surface area contributed by atoms with Crippen LogP contribution in [0.2, 0.25) is 5.02 Å². The molecule has 0 unspecified atom stereocenters. The summed E-state index contributed by atoms with van der Waals surface area (Å²) in [5.74, 6) is 0.844. The molecule has 0 aliphatic rings. The van der Waals surface area contributed by atoms with Gasteiger partial charge in [0.15, 0.2) is 0 Å². The molecule has 3 aromatic rings. The Balaban J connectivity index is 2.19. The molecule has 0 N–H and O–H groups in total. The average molecular weight is 418 g/mol. The Bertz CT molecular complexity index is 1030. The number of rotatable bonds is 8. The van der Waals surface area contributed by atoms with E-state index in [-0.39, 0.29) is 4.90 Å². The Morgan fingerprint density at radius 1 is 1.11 bits per heavy atom. The summed E-state index contributed by atoms with van der Waals surface area (Å²) >= 11 is 6.27. The Kier molecular flexibility index (Phi) is 6.42. The summed E-state index contributed by atoms with van der Waals surface area (Å²) in [6.45, 7) is 4.44. The number of benzene rings is 2. The third kappa shape index (κ3) is 4.08. The van der Waals surface area contributed by atoms with Crippen molar-refractivity contribution in [2.45, 2.75) is 38.0 Å². The van der Waals surface area contributed by atoms with E-state index in [0.717, 1.165) is 25.1 Å². The molecule has 148 valence electrons. The first-order valence-corrected chi connectivity index (χ1v) is 11.2. The Morgan fingerprint density at radius 2 is 1.86 bits per heavy atom. The van der Waals surface area contributed by atoms with Crippen LogP contribution in [0.25, 0.3) is 5.69 Å². The van der Waals surface area contributed by atoms with Crippen LogP contribution in [0.5, 0.6) is 0 Å². The van der Waals surface area contributed by atoms with E-state index < -0.39 is 10.0 Å². The van der Waals surface area contributed by atoms with Gasteiger partial charge in [0.1, 0.15) is 5.82 Å². The molecule has 0 saturated heterocycles. The molecule has 7 heteroatoms. The van der Waals surface area contributed by atoms with Crippen molar-refractivity contribution < 1.29 is 8.42 Å². The normalized spacial score (nSPS) is 11.5. The lowest BCUT2D eigenvalue weighted by Crippen LogP contribution is -2.33. The summed E-state index contributed by atoms with van der Waals surface area (Å²) in [4.78, 5) is 4.65. The monoisotopic (exact) mass is 417 g/mol. The molecule has 0 atom stereocenters. The van der Waals surface area contributed by atoms with Gasteiger partial charge in [0, 0.05) is 30.4 Å². The van der Waals surface area contributed by atoms with E-state index >= 15 is 0 Å². The van der Waals surface area contributed by atoms with Crippen LogP contribution in [-0.4, -0.2) is 24.5 Å². The number of sulfonamides is 1. The highest BCUT2D eigenvalue weighted by atomic mass is 35.5. The number of anilines is 1. The molecule has 1 aromatic heterocycles. The molecule has 28 heavy (non-hydrogen) atoms. The van der Waals surface area contributed by atoms with E-state index in [1.807, 2.05) is 30.7 Å². The summed E-state index contributed by atoms with van der Waals surface area (Å²) in [6, 6.07) is 13.8. The van der Waals surface area contributed by atoms with Gasteiger partial charge in [-0.2, -0.15) is 0 Å².